The molecule has 1 aromatic carbocycles. The zero-order valence-corrected chi connectivity index (χ0v) is 10.3. The average molecular weight is 221 g/mol. The molecule has 0 aliphatic heterocycles. The number of nitrogens with one attached hydrogen (secondary N) is 1. The summed E-state index contributed by atoms with van der Waals surface area (Å²) in [5.74, 6) is 3.40. The Bertz CT molecular complexity index is 314. The molecule has 2 N–H and O–H groups in total. The van der Waals surface area contributed by atoms with Crippen LogP contribution in [0.1, 0.15) is 5.56 Å². The molecule has 0 aliphatic carbocycles. The molecular weight excluding hydrogens is 205 g/mol. The minimum atomic E-state index is -1.06. The van der Waals surface area contributed by atoms with E-state index in [1.54, 1.807) is 0 Å². The summed E-state index contributed by atoms with van der Waals surface area (Å²) in [4.78, 5) is 11.0. The van der Waals surface area contributed by atoms with Crippen LogP contribution < -0.4 is 4.30 Å². The van der Waals surface area contributed by atoms with Crippen molar-refractivity contribution in [3.05, 3.63) is 35.9 Å². The number of carboxylic acids is 1. The van der Waals surface area contributed by atoms with E-state index in [0.717, 1.165) is 5.56 Å². The molecule has 0 aromatic heterocycles. The van der Waals surface area contributed by atoms with Gasteiger partial charge in [-0.25, -0.2) is 0 Å². The second kappa shape index (κ2) is 5.92. The lowest BCUT2D eigenvalue weighted by atomic mass is 10.1. The molecule has 0 unspecified atom stereocenters. The first-order chi connectivity index (χ1) is 7.09. The van der Waals surface area contributed by atoms with Gasteiger partial charge in [0.1, 0.15) is 0 Å². The van der Waals surface area contributed by atoms with Crippen molar-refractivity contribution in [1.29, 1.82) is 0 Å². The van der Waals surface area contributed by atoms with Gasteiger partial charge in [0, 0.05) is 0 Å². The van der Waals surface area contributed by atoms with Gasteiger partial charge in [-0.2, -0.15) is 0 Å². The molecule has 80 valence electrons. The molecule has 15 heavy (non-hydrogen) atoms. The zero-order valence-electron chi connectivity index (χ0n) is 9.10. The summed E-state index contributed by atoms with van der Waals surface area (Å²) in [7, 11) is 0. The van der Waals surface area contributed by atoms with E-state index in [1.807, 2.05) is 30.3 Å². The molecule has 4 heteroatoms. The molecule has 0 saturated heterocycles. The molecule has 0 fully saturated rings. The number of carbonyl (C=O) groups is 1. The molecule has 0 radical (unpaired) electrons. The fourth-order valence-corrected chi connectivity index (χ4v) is 2.53. The Morgan fingerprint density at radius 3 is 2.47 bits per heavy atom. The Hall–Kier alpha value is -0.818. The van der Waals surface area contributed by atoms with Crippen LogP contribution in [0.4, 0.5) is 0 Å². The maximum absolute atomic E-state index is 11.0. The lowest BCUT2D eigenvalue weighted by Crippen LogP contribution is -2.44. The summed E-state index contributed by atoms with van der Waals surface area (Å²) in [5.41, 5.74) is 1.06. The number of rotatable bonds is 5. The number of benzene rings is 1. The van der Waals surface area contributed by atoms with Crippen LogP contribution in [0.2, 0.25) is 11.6 Å². The van der Waals surface area contributed by atoms with Gasteiger partial charge in [0.2, 0.25) is 0 Å². The monoisotopic (exact) mass is 221 g/mol. The summed E-state index contributed by atoms with van der Waals surface area (Å²) in [6.07, 6.45) is 0.557. The Labute approximate surface area is 94.7 Å². The van der Waals surface area contributed by atoms with Crippen molar-refractivity contribution in [2.45, 2.75) is 24.0 Å². The molecule has 1 aromatic rings. The zero-order chi connectivity index (χ0) is 11.3. The minimum Gasteiger partial charge on any atom is -0.480 e. The van der Waals surface area contributed by atoms with E-state index in [0.29, 0.717) is 6.42 Å². The highest BCUT2D eigenvalue weighted by atomic mass is 27.2. The van der Waals surface area contributed by atoms with Crippen molar-refractivity contribution in [3.8, 4) is 0 Å². The predicted octanol–water partition coefficient (Wildman–Crippen LogP) is 1.52. The fraction of sp³-hybridized carbons (Fsp3) is 0.364. The Kier molecular flexibility index (Phi) is 4.83. The van der Waals surface area contributed by atoms with E-state index in [4.69, 9.17) is 5.11 Å². The molecule has 3 nitrogen and oxygen atoms in total. The van der Waals surface area contributed by atoms with Crippen LogP contribution in [0.15, 0.2) is 30.3 Å². The van der Waals surface area contributed by atoms with Crippen LogP contribution in [0.25, 0.3) is 0 Å². The van der Waals surface area contributed by atoms with Gasteiger partial charge in [0.25, 0.3) is 0 Å². The van der Waals surface area contributed by atoms with E-state index in [2.05, 4.69) is 15.9 Å². The maximum Gasteiger partial charge on any atom is 0.363 e. The average Bonchev–Trinajstić information content (AvgIpc) is 2.17. The Morgan fingerprint density at radius 1 is 1.40 bits per heavy atom. The third-order valence-electron chi connectivity index (χ3n) is 2.12. The smallest absolute Gasteiger partial charge is 0.363 e. The van der Waals surface area contributed by atoms with Crippen molar-refractivity contribution in [2.24, 2.45) is 0 Å². The predicted molar refractivity (Wildman–Crippen MR) is 62.2 cm³/mol. The first kappa shape index (κ1) is 12.3. The van der Waals surface area contributed by atoms with Crippen LogP contribution in [0, 0.1) is 0 Å². The largest absolute Gasteiger partial charge is 0.480 e. The SMILES string of the molecule is [CH3][Al]([CH3])[NH][C@@H](Cc1ccccc1)C(=O)O. The first-order valence-electron chi connectivity index (χ1n) is 5.12. The first-order valence-corrected chi connectivity index (χ1v) is 8.01. The van der Waals surface area contributed by atoms with Crippen LogP contribution in [0.3, 0.4) is 0 Å². The third-order valence-corrected chi connectivity index (χ3v) is 3.18. The van der Waals surface area contributed by atoms with Crippen LogP contribution in [0.5, 0.6) is 0 Å². The van der Waals surface area contributed by atoms with Crippen LogP contribution in [-0.2, 0) is 11.2 Å². The highest BCUT2D eigenvalue weighted by Crippen LogP contribution is 2.03. The molecule has 1 rings (SSSR count). The molecular formula is C11H16AlNO2. The third kappa shape index (κ3) is 4.48. The van der Waals surface area contributed by atoms with Crippen LogP contribution >= 0.6 is 0 Å². The Balaban J connectivity index is 2.63. The summed E-state index contributed by atoms with van der Waals surface area (Å²) in [6, 6.07) is 9.27. The summed E-state index contributed by atoms with van der Waals surface area (Å²) < 4.78 is 3.17. The number of hydrogen-bond acceptors (Lipinski definition) is 2. The summed E-state index contributed by atoms with van der Waals surface area (Å²) in [5, 5.41) is 9.04. The van der Waals surface area contributed by atoms with Gasteiger partial charge in [-0.05, 0) is 12.0 Å². The standard InChI is InChI=1S/C9H10NO2.2CH3.Al/c10-8(9(11)12)6-7-4-2-1-3-5-7;;;/h1-5,8,10H,6H2,(H,11,12);2*1H3;/q-1;;;+1/t8-;;;/m0.../s1. The molecule has 0 saturated carbocycles. The normalized spacial score (nSPS) is 12.1. The second-order valence-electron chi connectivity index (χ2n) is 3.90. The summed E-state index contributed by atoms with van der Waals surface area (Å²) >= 11 is -1.06. The lowest BCUT2D eigenvalue weighted by molar-refractivity contribution is -0.138. The highest BCUT2D eigenvalue weighted by Gasteiger charge is 2.19. The number of carboxylic acid groups (broad SMARTS) is 1. The molecule has 0 amide bonds. The summed E-state index contributed by atoms with van der Waals surface area (Å²) in [6.45, 7) is 0. The molecule has 0 heterocycles. The van der Waals surface area contributed by atoms with Gasteiger partial charge in [-0.1, -0.05) is 41.9 Å². The van der Waals surface area contributed by atoms with Crippen molar-refractivity contribution in [1.82, 2.24) is 4.30 Å². The van der Waals surface area contributed by atoms with Gasteiger partial charge in [0.15, 0.2) is 0 Å². The van der Waals surface area contributed by atoms with Crippen molar-refractivity contribution in [3.63, 3.8) is 0 Å². The van der Waals surface area contributed by atoms with Crippen molar-refractivity contribution >= 4 is 20.3 Å². The molecule has 1 atom stereocenters. The second-order valence-corrected chi connectivity index (χ2v) is 6.54. The van der Waals surface area contributed by atoms with Gasteiger partial charge in [0.05, 0.1) is 6.04 Å². The minimum absolute atomic E-state index is 0.445. The van der Waals surface area contributed by atoms with Gasteiger partial charge in [-0.15, -0.1) is 0 Å². The Morgan fingerprint density at radius 2 is 2.00 bits per heavy atom. The quantitative estimate of drug-likeness (QED) is 0.741. The molecule has 0 bridgehead atoms. The topological polar surface area (TPSA) is 49.3 Å². The molecule has 0 spiro atoms. The van der Waals surface area contributed by atoms with Crippen molar-refractivity contribution < 1.29 is 9.90 Å². The lowest BCUT2D eigenvalue weighted by Gasteiger charge is -2.15. The van der Waals surface area contributed by atoms with E-state index in [1.165, 1.54) is 0 Å². The van der Waals surface area contributed by atoms with Gasteiger partial charge >= 0.3 is 20.3 Å². The fourth-order valence-electron chi connectivity index (χ4n) is 1.47. The highest BCUT2D eigenvalue weighted by molar-refractivity contribution is 6.53. The van der Waals surface area contributed by atoms with E-state index < -0.39 is 26.4 Å². The van der Waals surface area contributed by atoms with E-state index in [9.17, 15) is 4.79 Å². The van der Waals surface area contributed by atoms with Crippen molar-refractivity contribution in [2.75, 3.05) is 0 Å². The number of hydrogen-bond donors (Lipinski definition) is 2. The maximum atomic E-state index is 11.0. The van der Waals surface area contributed by atoms with E-state index in [-0.39, 0.29) is 0 Å². The number of aliphatic carboxylic acids is 1. The van der Waals surface area contributed by atoms with Gasteiger partial charge < -0.3 is 9.41 Å². The van der Waals surface area contributed by atoms with E-state index >= 15 is 0 Å². The molecule has 0 aliphatic rings. The van der Waals surface area contributed by atoms with Crippen LogP contribution in [-0.4, -0.2) is 31.5 Å². The van der Waals surface area contributed by atoms with Gasteiger partial charge in [-0.3, -0.25) is 4.79 Å².